The highest BCUT2D eigenvalue weighted by molar-refractivity contribution is 5.20. The van der Waals surface area contributed by atoms with E-state index in [1.807, 2.05) is 44.2 Å². The molecule has 0 heterocycles. The molecule has 0 aliphatic heterocycles. The maximum Gasteiger partial charge on any atom is 0.119 e. The zero-order chi connectivity index (χ0) is 56.6. The predicted molar refractivity (Wildman–Crippen MR) is 312 cm³/mol. The van der Waals surface area contributed by atoms with E-state index in [1.165, 1.54) is 25.7 Å². The SMILES string of the molecule is CCC(C)C.CCC(C)OC.CCC(C)OCC(C)C.CCC(C)OCCCO.CCC(C)OCCOC.CCC(C)OCCOc1ccccc1.CCCCCOC(C)CC.CCOCCOC(C)CC. The largest absolute Gasteiger partial charge is 0.491 e. The van der Waals surface area contributed by atoms with Crippen molar-refractivity contribution in [3.05, 3.63) is 30.3 Å². The Bertz CT molecular complexity index is 966. The first-order chi connectivity index (χ1) is 34.3. The highest BCUT2D eigenvalue weighted by Crippen LogP contribution is 2.08. The van der Waals surface area contributed by atoms with Crippen molar-refractivity contribution in [3.63, 3.8) is 0 Å². The number of benzene rings is 1. The van der Waals surface area contributed by atoms with E-state index in [0.29, 0.717) is 81.7 Å². The van der Waals surface area contributed by atoms with E-state index in [4.69, 9.17) is 52.5 Å². The van der Waals surface area contributed by atoms with Crippen molar-refractivity contribution in [3.8, 4) is 5.75 Å². The normalized spacial score (nSPS) is 13.2. The van der Waals surface area contributed by atoms with E-state index >= 15 is 0 Å². The Labute approximate surface area is 450 Å². The fourth-order valence-electron chi connectivity index (χ4n) is 3.93. The van der Waals surface area contributed by atoms with Gasteiger partial charge in [0.25, 0.3) is 0 Å². The van der Waals surface area contributed by atoms with Gasteiger partial charge in [0.2, 0.25) is 0 Å². The van der Waals surface area contributed by atoms with Crippen LogP contribution in [0.2, 0.25) is 0 Å². The standard InChI is InChI=1S/C12H18O2.C9H20O.C8H18O2.C8H18O.2C7H16O2.C5H12O.C5H12/c1-3-11(2)13-9-10-14-12-7-5-4-6-8-12;1-4-6-7-8-10-9(3)5-2;1-4-8(3)10-7-6-9-5-2;1-5-8(4)9-6-7(2)3;1-4-7(2)9-6-5-8-3;1-3-7(2)9-6-4-5-8;1-4-5(2)6-3;1-4-5(2)3/h4-8,11H,3,9-10H2,1-2H3;9H,4-8H2,1-3H3;8H,4-7H2,1-3H3;7-8H,5-6H2,1-4H3;7H,4-6H2,1-3H3;7-8H,3-6H2,1-2H3;5H,4H2,1-3H3;5H,4H2,1-3H3. The zero-order valence-corrected chi connectivity index (χ0v) is 52.4. The van der Waals surface area contributed by atoms with Crippen LogP contribution < -0.4 is 4.74 Å². The summed E-state index contributed by atoms with van der Waals surface area (Å²) in [4.78, 5) is 0. The molecule has 1 rings (SSSR count). The zero-order valence-electron chi connectivity index (χ0n) is 52.4. The van der Waals surface area contributed by atoms with Crippen molar-refractivity contribution in [1.29, 1.82) is 0 Å². The molecular formula is C61H130O11. The molecule has 0 fully saturated rings. The molecule has 0 aliphatic carbocycles. The molecule has 0 amide bonds. The van der Waals surface area contributed by atoms with Gasteiger partial charge in [-0.3, -0.25) is 0 Å². The van der Waals surface area contributed by atoms with Crippen LogP contribution in [0.5, 0.6) is 5.75 Å². The second kappa shape index (κ2) is 73.9. The maximum absolute atomic E-state index is 8.37. The van der Waals surface area contributed by atoms with Crippen LogP contribution in [-0.2, 0) is 42.6 Å². The van der Waals surface area contributed by atoms with E-state index < -0.39 is 0 Å². The highest BCUT2D eigenvalue weighted by Gasteiger charge is 2.01. The van der Waals surface area contributed by atoms with Gasteiger partial charge in [0, 0.05) is 47.3 Å². The van der Waals surface area contributed by atoms with Crippen LogP contribution in [0.4, 0.5) is 0 Å². The molecule has 1 aromatic carbocycles. The lowest BCUT2D eigenvalue weighted by atomic mass is 10.2. The number of hydrogen-bond acceptors (Lipinski definition) is 11. The van der Waals surface area contributed by atoms with Crippen molar-refractivity contribution in [1.82, 2.24) is 0 Å². The topological polar surface area (TPSA) is 113 Å². The second-order valence-corrected chi connectivity index (χ2v) is 18.8. The van der Waals surface area contributed by atoms with Crippen molar-refractivity contribution in [2.45, 2.75) is 265 Å². The van der Waals surface area contributed by atoms with Gasteiger partial charge in [-0.2, -0.15) is 0 Å². The number of hydrogen-bond donors (Lipinski definition) is 1. The molecule has 7 atom stereocenters. The minimum Gasteiger partial charge on any atom is -0.491 e. The lowest BCUT2D eigenvalue weighted by Crippen LogP contribution is -2.13. The summed E-state index contributed by atoms with van der Waals surface area (Å²) in [7, 11) is 3.41. The van der Waals surface area contributed by atoms with Crippen LogP contribution in [0.3, 0.4) is 0 Å². The van der Waals surface area contributed by atoms with Gasteiger partial charge < -0.3 is 52.5 Å². The fraction of sp³-hybridized carbons (Fsp3) is 0.902. The first kappa shape index (κ1) is 84.6. The van der Waals surface area contributed by atoms with Crippen molar-refractivity contribution in [2.24, 2.45) is 11.8 Å². The van der Waals surface area contributed by atoms with E-state index in [-0.39, 0.29) is 6.61 Å². The first-order valence-corrected chi connectivity index (χ1v) is 28.9. The average molecular weight is 1040 g/mol. The van der Waals surface area contributed by atoms with Crippen LogP contribution >= 0.6 is 0 Å². The molecule has 0 aromatic heterocycles. The van der Waals surface area contributed by atoms with Gasteiger partial charge in [-0.15, -0.1) is 0 Å². The summed E-state index contributed by atoms with van der Waals surface area (Å²) >= 11 is 0. The smallest absolute Gasteiger partial charge is 0.119 e. The van der Waals surface area contributed by atoms with Crippen LogP contribution in [0.25, 0.3) is 0 Å². The van der Waals surface area contributed by atoms with Gasteiger partial charge >= 0.3 is 0 Å². The van der Waals surface area contributed by atoms with Crippen LogP contribution in [0, 0.1) is 11.8 Å². The second-order valence-electron chi connectivity index (χ2n) is 18.8. The lowest BCUT2D eigenvalue weighted by molar-refractivity contribution is 0.0142. The van der Waals surface area contributed by atoms with Crippen LogP contribution in [0.1, 0.15) is 222 Å². The molecule has 7 unspecified atom stereocenters. The lowest BCUT2D eigenvalue weighted by Gasteiger charge is -2.11. The summed E-state index contributed by atoms with van der Waals surface area (Å²) in [6.45, 7) is 52.2. The highest BCUT2D eigenvalue weighted by atomic mass is 16.5. The molecule has 11 nitrogen and oxygen atoms in total. The molecule has 0 saturated heterocycles. The molecule has 1 aromatic rings. The fourth-order valence-corrected chi connectivity index (χ4v) is 3.93. The summed E-state index contributed by atoms with van der Waals surface area (Å²) in [6.07, 6.45) is 16.2. The molecule has 440 valence electrons. The summed E-state index contributed by atoms with van der Waals surface area (Å²) < 4.78 is 52.7. The minimum absolute atomic E-state index is 0.233. The molecule has 0 radical (unpaired) electrons. The third-order valence-corrected chi connectivity index (χ3v) is 10.8. The molecule has 1 N–H and O–H groups in total. The average Bonchev–Trinajstić information content (AvgIpc) is 3.40. The Morgan fingerprint density at radius 2 is 0.764 bits per heavy atom. The number of methoxy groups -OCH3 is 2. The number of unbranched alkanes of at least 4 members (excludes halogenated alkanes) is 2. The summed E-state index contributed by atoms with van der Waals surface area (Å²) in [5, 5.41) is 8.37. The van der Waals surface area contributed by atoms with Gasteiger partial charge in [0.05, 0.1) is 75.8 Å². The molecule has 0 aliphatic rings. The predicted octanol–water partition coefficient (Wildman–Crippen LogP) is 16.3. The Morgan fingerprint density at radius 3 is 1.08 bits per heavy atom. The molecular weight excluding hydrogens is 909 g/mol. The van der Waals surface area contributed by atoms with Crippen molar-refractivity contribution < 1.29 is 52.5 Å². The Kier molecular flexibility index (Phi) is 86.8. The number of aliphatic hydroxyl groups is 1. The Hall–Kier alpha value is -1.38. The van der Waals surface area contributed by atoms with Gasteiger partial charge in [-0.25, -0.2) is 0 Å². The third kappa shape index (κ3) is 91.3. The summed E-state index contributed by atoms with van der Waals surface area (Å²) in [6, 6.07) is 9.80. The van der Waals surface area contributed by atoms with E-state index in [2.05, 4.69) is 132 Å². The molecule has 72 heavy (non-hydrogen) atoms. The van der Waals surface area contributed by atoms with Crippen LogP contribution in [0.15, 0.2) is 30.3 Å². The molecule has 0 bridgehead atoms. The van der Waals surface area contributed by atoms with Gasteiger partial charge in [0.15, 0.2) is 0 Å². The molecule has 0 spiro atoms. The van der Waals surface area contributed by atoms with E-state index in [1.54, 1.807) is 14.2 Å². The van der Waals surface area contributed by atoms with Crippen molar-refractivity contribution in [2.75, 3.05) is 86.9 Å². The number of rotatable bonds is 35. The Balaban J connectivity index is -0.000000136. The van der Waals surface area contributed by atoms with Crippen molar-refractivity contribution >= 4 is 0 Å². The minimum atomic E-state index is 0.233. The van der Waals surface area contributed by atoms with Crippen LogP contribution in [-0.4, -0.2) is 135 Å². The van der Waals surface area contributed by atoms with Gasteiger partial charge in [-0.1, -0.05) is 127 Å². The number of aliphatic hydroxyl groups excluding tert-OH is 1. The van der Waals surface area contributed by atoms with Gasteiger partial charge in [0.1, 0.15) is 12.4 Å². The van der Waals surface area contributed by atoms with Gasteiger partial charge in [-0.05, 0) is 137 Å². The first-order valence-electron chi connectivity index (χ1n) is 28.9. The van der Waals surface area contributed by atoms with E-state index in [9.17, 15) is 0 Å². The summed E-state index contributed by atoms with van der Waals surface area (Å²) in [5.74, 6) is 2.45. The monoisotopic (exact) mass is 1040 g/mol. The molecule has 0 saturated carbocycles. The maximum atomic E-state index is 8.37. The third-order valence-electron chi connectivity index (χ3n) is 10.8. The number of ether oxygens (including phenoxy) is 10. The summed E-state index contributed by atoms with van der Waals surface area (Å²) in [5.41, 5.74) is 0. The quantitative estimate of drug-likeness (QED) is 0.0656. The Morgan fingerprint density at radius 1 is 0.389 bits per heavy atom. The van der Waals surface area contributed by atoms with E-state index in [0.717, 1.165) is 96.1 Å². The number of para-hydroxylation sites is 1. The molecule has 11 heteroatoms.